The van der Waals surface area contributed by atoms with Crippen molar-refractivity contribution in [2.24, 2.45) is 11.8 Å². The SMILES string of the molecule is CCCC(CNCC(C)C)N(C)CC(C)CC. The molecule has 0 spiro atoms. The molecule has 0 saturated heterocycles. The van der Waals surface area contributed by atoms with Crippen molar-refractivity contribution < 1.29 is 0 Å². The van der Waals surface area contributed by atoms with Gasteiger partial charge in [-0.3, -0.25) is 0 Å². The van der Waals surface area contributed by atoms with Crippen molar-refractivity contribution in [2.45, 2.75) is 59.9 Å². The fraction of sp³-hybridized carbons (Fsp3) is 1.00. The Morgan fingerprint density at radius 3 is 2.18 bits per heavy atom. The van der Waals surface area contributed by atoms with E-state index in [9.17, 15) is 0 Å². The van der Waals surface area contributed by atoms with E-state index >= 15 is 0 Å². The molecule has 0 aromatic rings. The lowest BCUT2D eigenvalue weighted by Crippen LogP contribution is -2.42. The lowest BCUT2D eigenvalue weighted by atomic mass is 10.1. The van der Waals surface area contributed by atoms with Crippen LogP contribution in [0.1, 0.15) is 53.9 Å². The van der Waals surface area contributed by atoms with Gasteiger partial charge in [0.25, 0.3) is 0 Å². The van der Waals surface area contributed by atoms with Crippen LogP contribution in [0, 0.1) is 11.8 Å². The lowest BCUT2D eigenvalue weighted by Gasteiger charge is -2.30. The number of rotatable bonds is 10. The fourth-order valence-corrected chi connectivity index (χ4v) is 2.12. The molecule has 0 aliphatic heterocycles. The summed E-state index contributed by atoms with van der Waals surface area (Å²) >= 11 is 0. The van der Waals surface area contributed by atoms with Crippen molar-refractivity contribution in [1.82, 2.24) is 10.2 Å². The van der Waals surface area contributed by atoms with Gasteiger partial charge in [0, 0.05) is 19.1 Å². The highest BCUT2D eigenvalue weighted by atomic mass is 15.1. The van der Waals surface area contributed by atoms with Gasteiger partial charge in [-0.1, -0.05) is 47.5 Å². The Labute approximate surface area is 109 Å². The minimum absolute atomic E-state index is 0.702. The monoisotopic (exact) mass is 242 g/mol. The van der Waals surface area contributed by atoms with Crippen molar-refractivity contribution in [1.29, 1.82) is 0 Å². The molecule has 17 heavy (non-hydrogen) atoms. The molecule has 2 unspecified atom stereocenters. The smallest absolute Gasteiger partial charge is 0.0217 e. The van der Waals surface area contributed by atoms with Crippen LogP contribution in [-0.2, 0) is 0 Å². The molecule has 1 N–H and O–H groups in total. The van der Waals surface area contributed by atoms with Gasteiger partial charge in [-0.2, -0.15) is 0 Å². The molecule has 0 saturated carbocycles. The minimum atomic E-state index is 0.702. The topological polar surface area (TPSA) is 15.3 Å². The van der Waals surface area contributed by atoms with E-state index in [0.717, 1.165) is 24.9 Å². The van der Waals surface area contributed by atoms with Crippen molar-refractivity contribution >= 4 is 0 Å². The second-order valence-electron chi connectivity index (χ2n) is 5.95. The van der Waals surface area contributed by atoms with Gasteiger partial charge in [-0.05, 0) is 31.8 Å². The molecule has 2 atom stereocenters. The maximum Gasteiger partial charge on any atom is 0.0217 e. The summed E-state index contributed by atoms with van der Waals surface area (Å²) in [7, 11) is 2.28. The Hall–Kier alpha value is -0.0800. The Balaban J connectivity index is 4.01. The maximum atomic E-state index is 3.60. The van der Waals surface area contributed by atoms with E-state index in [-0.39, 0.29) is 0 Å². The molecule has 0 amide bonds. The zero-order valence-electron chi connectivity index (χ0n) is 12.9. The van der Waals surface area contributed by atoms with E-state index < -0.39 is 0 Å². The Kier molecular flexibility index (Phi) is 9.85. The first-order valence-corrected chi connectivity index (χ1v) is 7.42. The molecule has 0 heterocycles. The summed E-state index contributed by atoms with van der Waals surface area (Å²) in [5.41, 5.74) is 0. The molecular formula is C15H34N2. The highest BCUT2D eigenvalue weighted by molar-refractivity contribution is 4.73. The molecule has 0 bridgehead atoms. The van der Waals surface area contributed by atoms with Gasteiger partial charge in [-0.25, -0.2) is 0 Å². The third-order valence-electron chi connectivity index (χ3n) is 3.47. The molecule has 0 aliphatic carbocycles. The third kappa shape index (κ3) is 8.62. The third-order valence-corrected chi connectivity index (χ3v) is 3.47. The molecular weight excluding hydrogens is 208 g/mol. The summed E-state index contributed by atoms with van der Waals surface area (Å²) in [6.07, 6.45) is 3.86. The van der Waals surface area contributed by atoms with Crippen LogP contribution < -0.4 is 5.32 Å². The van der Waals surface area contributed by atoms with E-state index in [4.69, 9.17) is 0 Å². The van der Waals surface area contributed by atoms with Crippen LogP contribution in [-0.4, -0.2) is 37.6 Å². The Morgan fingerprint density at radius 2 is 1.71 bits per heavy atom. The van der Waals surface area contributed by atoms with E-state index in [1.54, 1.807) is 0 Å². The summed E-state index contributed by atoms with van der Waals surface area (Å²) < 4.78 is 0. The molecule has 104 valence electrons. The summed E-state index contributed by atoms with van der Waals surface area (Å²) in [6.45, 7) is 15.0. The van der Waals surface area contributed by atoms with Crippen LogP contribution in [0.4, 0.5) is 0 Å². The van der Waals surface area contributed by atoms with Crippen molar-refractivity contribution in [3.8, 4) is 0 Å². The predicted octanol–water partition coefficient (Wildman–Crippen LogP) is 3.38. The standard InChI is InChI=1S/C15H34N2/c1-7-9-15(11-16-10-13(3)4)17(6)12-14(5)8-2/h13-16H,7-12H2,1-6H3. The highest BCUT2D eigenvalue weighted by Gasteiger charge is 2.15. The fourth-order valence-electron chi connectivity index (χ4n) is 2.12. The van der Waals surface area contributed by atoms with Gasteiger partial charge >= 0.3 is 0 Å². The maximum absolute atomic E-state index is 3.60. The molecule has 0 radical (unpaired) electrons. The summed E-state index contributed by atoms with van der Waals surface area (Å²) in [6, 6.07) is 0.702. The van der Waals surface area contributed by atoms with Gasteiger partial charge in [-0.15, -0.1) is 0 Å². The summed E-state index contributed by atoms with van der Waals surface area (Å²) in [5, 5.41) is 3.60. The number of hydrogen-bond donors (Lipinski definition) is 1. The summed E-state index contributed by atoms with van der Waals surface area (Å²) in [4.78, 5) is 2.55. The predicted molar refractivity (Wildman–Crippen MR) is 78.5 cm³/mol. The van der Waals surface area contributed by atoms with Crippen LogP contribution in [0.5, 0.6) is 0 Å². The second-order valence-corrected chi connectivity index (χ2v) is 5.95. The zero-order chi connectivity index (χ0) is 13.3. The number of nitrogens with one attached hydrogen (secondary N) is 1. The number of likely N-dealkylation sites (N-methyl/N-ethyl adjacent to an activating group) is 1. The van der Waals surface area contributed by atoms with E-state index in [1.165, 1.54) is 25.8 Å². The van der Waals surface area contributed by atoms with Crippen LogP contribution >= 0.6 is 0 Å². The largest absolute Gasteiger partial charge is 0.315 e. The first kappa shape index (κ1) is 16.9. The molecule has 2 nitrogen and oxygen atoms in total. The van der Waals surface area contributed by atoms with Crippen LogP contribution in [0.25, 0.3) is 0 Å². The minimum Gasteiger partial charge on any atom is -0.315 e. The molecule has 0 rings (SSSR count). The summed E-state index contributed by atoms with van der Waals surface area (Å²) in [5.74, 6) is 1.56. The van der Waals surface area contributed by atoms with E-state index in [2.05, 4.69) is 51.9 Å². The van der Waals surface area contributed by atoms with E-state index in [1.807, 2.05) is 0 Å². The second kappa shape index (κ2) is 9.90. The van der Waals surface area contributed by atoms with Crippen LogP contribution in [0.2, 0.25) is 0 Å². The van der Waals surface area contributed by atoms with E-state index in [0.29, 0.717) is 6.04 Å². The zero-order valence-corrected chi connectivity index (χ0v) is 12.9. The van der Waals surface area contributed by atoms with Gasteiger partial charge in [0.1, 0.15) is 0 Å². The molecule has 0 aromatic heterocycles. The number of hydrogen-bond acceptors (Lipinski definition) is 2. The first-order chi connectivity index (χ1) is 8.01. The van der Waals surface area contributed by atoms with Crippen LogP contribution in [0.3, 0.4) is 0 Å². The van der Waals surface area contributed by atoms with Crippen LogP contribution in [0.15, 0.2) is 0 Å². The quantitative estimate of drug-likeness (QED) is 0.632. The number of nitrogens with zero attached hydrogens (tertiary/aromatic N) is 1. The Bertz CT molecular complexity index is 168. The van der Waals surface area contributed by atoms with Gasteiger partial charge in [0.2, 0.25) is 0 Å². The van der Waals surface area contributed by atoms with Gasteiger partial charge in [0.15, 0.2) is 0 Å². The molecule has 0 fully saturated rings. The lowest BCUT2D eigenvalue weighted by molar-refractivity contribution is 0.193. The van der Waals surface area contributed by atoms with Crippen molar-refractivity contribution in [2.75, 3.05) is 26.7 Å². The van der Waals surface area contributed by atoms with Crippen molar-refractivity contribution in [3.05, 3.63) is 0 Å². The molecule has 2 heteroatoms. The normalized spacial score (nSPS) is 15.5. The average Bonchev–Trinajstić information content (AvgIpc) is 2.27. The molecule has 0 aliphatic rings. The highest BCUT2D eigenvalue weighted by Crippen LogP contribution is 2.09. The Morgan fingerprint density at radius 1 is 1.06 bits per heavy atom. The van der Waals surface area contributed by atoms with Gasteiger partial charge < -0.3 is 10.2 Å². The van der Waals surface area contributed by atoms with Gasteiger partial charge in [0.05, 0.1) is 0 Å². The van der Waals surface area contributed by atoms with Crippen molar-refractivity contribution in [3.63, 3.8) is 0 Å². The average molecular weight is 242 g/mol. The first-order valence-electron chi connectivity index (χ1n) is 7.42. The molecule has 0 aromatic carbocycles.